The third-order valence-electron chi connectivity index (χ3n) is 2.40. The fraction of sp³-hybridized carbons (Fsp3) is 1.00. The molecule has 1 rings (SSSR count). The van der Waals surface area contributed by atoms with Gasteiger partial charge in [0.25, 0.3) is 0 Å². The molecule has 0 saturated heterocycles. The summed E-state index contributed by atoms with van der Waals surface area (Å²) in [5.74, 6) is 0. The van der Waals surface area contributed by atoms with E-state index in [0.717, 1.165) is 6.54 Å². The van der Waals surface area contributed by atoms with E-state index >= 15 is 0 Å². The fourth-order valence-electron chi connectivity index (χ4n) is 2.02. The standard InChI is InChI=1S/C11H23NO/c1-5-12-9-6-7-10(8-9)13-11(2,3)4/h9-10,12H,5-8H2,1-4H3. The van der Waals surface area contributed by atoms with Crippen LogP contribution in [0.5, 0.6) is 0 Å². The van der Waals surface area contributed by atoms with Crippen LogP contribution in [0.2, 0.25) is 0 Å². The van der Waals surface area contributed by atoms with Crippen molar-refractivity contribution in [3.05, 3.63) is 0 Å². The first-order valence-electron chi connectivity index (χ1n) is 5.42. The highest BCUT2D eigenvalue weighted by molar-refractivity contribution is 4.82. The molecule has 13 heavy (non-hydrogen) atoms. The van der Waals surface area contributed by atoms with Crippen LogP contribution in [0.25, 0.3) is 0 Å². The summed E-state index contributed by atoms with van der Waals surface area (Å²) in [6.45, 7) is 9.64. The minimum Gasteiger partial charge on any atom is -0.373 e. The second-order valence-electron chi connectivity index (χ2n) is 4.92. The van der Waals surface area contributed by atoms with Gasteiger partial charge in [-0.25, -0.2) is 0 Å². The molecule has 1 aliphatic rings. The molecule has 0 aromatic heterocycles. The molecular formula is C11H23NO. The van der Waals surface area contributed by atoms with E-state index in [1.54, 1.807) is 0 Å². The number of ether oxygens (including phenoxy) is 1. The number of nitrogens with one attached hydrogen (secondary N) is 1. The van der Waals surface area contributed by atoms with E-state index in [1.807, 2.05) is 0 Å². The highest BCUT2D eigenvalue weighted by Crippen LogP contribution is 2.25. The smallest absolute Gasteiger partial charge is 0.0602 e. The molecule has 0 radical (unpaired) electrons. The lowest BCUT2D eigenvalue weighted by Crippen LogP contribution is -2.29. The number of hydrogen-bond acceptors (Lipinski definition) is 2. The monoisotopic (exact) mass is 185 g/mol. The first kappa shape index (κ1) is 11.0. The summed E-state index contributed by atoms with van der Waals surface area (Å²) in [5, 5.41) is 3.48. The Morgan fingerprint density at radius 2 is 2.00 bits per heavy atom. The molecule has 1 N–H and O–H groups in total. The second kappa shape index (κ2) is 4.43. The van der Waals surface area contributed by atoms with Crippen LogP contribution < -0.4 is 5.32 Å². The van der Waals surface area contributed by atoms with Crippen molar-refractivity contribution in [1.82, 2.24) is 5.32 Å². The van der Waals surface area contributed by atoms with Gasteiger partial charge in [0.15, 0.2) is 0 Å². The van der Waals surface area contributed by atoms with Crippen molar-refractivity contribution in [2.45, 2.75) is 64.7 Å². The van der Waals surface area contributed by atoms with Crippen LogP contribution in [0.4, 0.5) is 0 Å². The summed E-state index contributed by atoms with van der Waals surface area (Å²) >= 11 is 0. The molecule has 0 aromatic rings. The molecule has 1 fully saturated rings. The highest BCUT2D eigenvalue weighted by atomic mass is 16.5. The van der Waals surface area contributed by atoms with E-state index < -0.39 is 0 Å². The van der Waals surface area contributed by atoms with Crippen LogP contribution >= 0.6 is 0 Å². The van der Waals surface area contributed by atoms with E-state index in [2.05, 4.69) is 33.0 Å². The van der Waals surface area contributed by atoms with Gasteiger partial charge in [0.1, 0.15) is 0 Å². The lowest BCUT2D eigenvalue weighted by molar-refractivity contribution is -0.0566. The van der Waals surface area contributed by atoms with Crippen LogP contribution in [0.15, 0.2) is 0 Å². The summed E-state index contributed by atoms with van der Waals surface area (Å²) in [7, 11) is 0. The molecule has 0 aromatic carbocycles. The Hall–Kier alpha value is -0.0800. The van der Waals surface area contributed by atoms with Crippen molar-refractivity contribution >= 4 is 0 Å². The molecular weight excluding hydrogens is 162 g/mol. The summed E-state index contributed by atoms with van der Waals surface area (Å²) < 4.78 is 5.94. The SMILES string of the molecule is CCNC1CCC(OC(C)(C)C)C1. The third-order valence-corrected chi connectivity index (χ3v) is 2.40. The van der Waals surface area contributed by atoms with Gasteiger partial charge in [0, 0.05) is 6.04 Å². The Morgan fingerprint density at radius 3 is 2.54 bits per heavy atom. The molecule has 1 aliphatic carbocycles. The first-order valence-corrected chi connectivity index (χ1v) is 5.42. The zero-order chi connectivity index (χ0) is 9.90. The van der Waals surface area contributed by atoms with Gasteiger partial charge in [-0.1, -0.05) is 6.92 Å². The van der Waals surface area contributed by atoms with Gasteiger partial charge in [-0.15, -0.1) is 0 Å². The molecule has 2 heteroatoms. The van der Waals surface area contributed by atoms with Gasteiger partial charge in [-0.05, 0) is 46.6 Å². The maximum absolute atomic E-state index is 5.94. The fourth-order valence-corrected chi connectivity index (χ4v) is 2.02. The number of rotatable bonds is 3. The Balaban J connectivity index is 2.25. The minimum absolute atomic E-state index is 0.0196. The second-order valence-corrected chi connectivity index (χ2v) is 4.92. The lowest BCUT2D eigenvalue weighted by Gasteiger charge is -2.24. The van der Waals surface area contributed by atoms with Crippen molar-refractivity contribution in [2.75, 3.05) is 6.54 Å². The minimum atomic E-state index is 0.0196. The zero-order valence-electron chi connectivity index (χ0n) is 9.39. The molecule has 2 nitrogen and oxygen atoms in total. The largest absolute Gasteiger partial charge is 0.373 e. The van der Waals surface area contributed by atoms with Crippen LogP contribution in [0.3, 0.4) is 0 Å². The van der Waals surface area contributed by atoms with Gasteiger partial charge in [0.2, 0.25) is 0 Å². The highest BCUT2D eigenvalue weighted by Gasteiger charge is 2.27. The molecule has 0 aliphatic heterocycles. The quantitative estimate of drug-likeness (QED) is 0.728. The van der Waals surface area contributed by atoms with Crippen molar-refractivity contribution in [3.63, 3.8) is 0 Å². The van der Waals surface area contributed by atoms with Gasteiger partial charge >= 0.3 is 0 Å². The van der Waals surface area contributed by atoms with Crippen LogP contribution in [-0.4, -0.2) is 24.3 Å². The lowest BCUT2D eigenvalue weighted by atomic mass is 10.1. The third kappa shape index (κ3) is 4.10. The Bertz CT molecular complexity index is 151. The maximum Gasteiger partial charge on any atom is 0.0602 e. The zero-order valence-corrected chi connectivity index (χ0v) is 9.39. The molecule has 1 saturated carbocycles. The first-order chi connectivity index (χ1) is 6.01. The molecule has 0 spiro atoms. The predicted octanol–water partition coefficient (Wildman–Crippen LogP) is 2.33. The molecule has 78 valence electrons. The van der Waals surface area contributed by atoms with Crippen molar-refractivity contribution in [1.29, 1.82) is 0 Å². The van der Waals surface area contributed by atoms with Gasteiger partial charge in [0.05, 0.1) is 11.7 Å². The molecule has 0 bridgehead atoms. The average molecular weight is 185 g/mol. The molecule has 0 heterocycles. The van der Waals surface area contributed by atoms with Crippen LogP contribution in [-0.2, 0) is 4.74 Å². The summed E-state index contributed by atoms with van der Waals surface area (Å²) in [5.41, 5.74) is 0.0196. The molecule has 0 amide bonds. The van der Waals surface area contributed by atoms with E-state index in [4.69, 9.17) is 4.74 Å². The Kier molecular flexibility index (Phi) is 3.74. The van der Waals surface area contributed by atoms with Crippen LogP contribution in [0, 0.1) is 0 Å². The number of hydrogen-bond donors (Lipinski definition) is 1. The van der Waals surface area contributed by atoms with Crippen molar-refractivity contribution < 1.29 is 4.74 Å². The average Bonchev–Trinajstić information content (AvgIpc) is 2.33. The van der Waals surface area contributed by atoms with E-state index in [0.29, 0.717) is 12.1 Å². The summed E-state index contributed by atoms with van der Waals surface area (Å²) in [4.78, 5) is 0. The van der Waals surface area contributed by atoms with Gasteiger partial charge < -0.3 is 10.1 Å². The van der Waals surface area contributed by atoms with Crippen molar-refractivity contribution in [2.24, 2.45) is 0 Å². The van der Waals surface area contributed by atoms with E-state index in [1.165, 1.54) is 19.3 Å². The van der Waals surface area contributed by atoms with Crippen molar-refractivity contribution in [3.8, 4) is 0 Å². The summed E-state index contributed by atoms with van der Waals surface area (Å²) in [6.07, 6.45) is 4.15. The van der Waals surface area contributed by atoms with E-state index in [-0.39, 0.29) is 5.60 Å². The molecule has 2 unspecified atom stereocenters. The maximum atomic E-state index is 5.94. The molecule has 2 atom stereocenters. The van der Waals surface area contributed by atoms with E-state index in [9.17, 15) is 0 Å². The Morgan fingerprint density at radius 1 is 1.31 bits per heavy atom. The van der Waals surface area contributed by atoms with Gasteiger partial charge in [-0.3, -0.25) is 0 Å². The topological polar surface area (TPSA) is 21.3 Å². The van der Waals surface area contributed by atoms with Gasteiger partial charge in [-0.2, -0.15) is 0 Å². The predicted molar refractivity (Wildman–Crippen MR) is 55.9 cm³/mol. The summed E-state index contributed by atoms with van der Waals surface area (Å²) in [6, 6.07) is 0.692. The normalized spacial score (nSPS) is 29.5. The Labute approximate surface area is 82.0 Å². The van der Waals surface area contributed by atoms with Crippen LogP contribution in [0.1, 0.15) is 47.0 Å².